The van der Waals surface area contributed by atoms with Crippen molar-refractivity contribution in [3.8, 4) is 11.5 Å². The largest absolute Gasteiger partial charge is 0.457 e. The maximum absolute atomic E-state index is 12.7. The van der Waals surface area contributed by atoms with Crippen LogP contribution in [0.2, 0.25) is 0 Å². The second-order valence-corrected chi connectivity index (χ2v) is 7.69. The standard InChI is InChI=1S/C22H27NO3/c1-22(2,25)16-17-12-14-23(15-13-17)21(24)18-8-10-20(11-9-18)26-19-6-4-3-5-7-19/h3-11,17,25H,12-16H2,1-2H3. The van der Waals surface area contributed by atoms with E-state index < -0.39 is 5.60 Å². The number of benzene rings is 2. The van der Waals surface area contributed by atoms with Gasteiger partial charge in [0, 0.05) is 18.7 Å². The summed E-state index contributed by atoms with van der Waals surface area (Å²) in [7, 11) is 0. The maximum Gasteiger partial charge on any atom is 0.253 e. The van der Waals surface area contributed by atoms with E-state index >= 15 is 0 Å². The SMILES string of the molecule is CC(C)(O)CC1CCN(C(=O)c2ccc(Oc3ccccc3)cc2)CC1. The molecule has 1 heterocycles. The predicted molar refractivity (Wildman–Crippen MR) is 103 cm³/mol. The van der Waals surface area contributed by atoms with Crippen LogP contribution in [-0.4, -0.2) is 34.6 Å². The van der Waals surface area contributed by atoms with Crippen LogP contribution >= 0.6 is 0 Å². The van der Waals surface area contributed by atoms with Gasteiger partial charge < -0.3 is 14.7 Å². The lowest BCUT2D eigenvalue weighted by atomic mass is 9.86. The van der Waals surface area contributed by atoms with Gasteiger partial charge in [0.15, 0.2) is 0 Å². The third-order valence-corrected chi connectivity index (χ3v) is 4.77. The molecule has 4 heteroatoms. The quantitative estimate of drug-likeness (QED) is 0.861. The van der Waals surface area contributed by atoms with Crippen LogP contribution in [0, 0.1) is 5.92 Å². The molecule has 0 spiro atoms. The Bertz CT molecular complexity index is 711. The second-order valence-electron chi connectivity index (χ2n) is 7.69. The number of para-hydroxylation sites is 1. The van der Waals surface area contributed by atoms with Crippen molar-refractivity contribution in [2.24, 2.45) is 5.92 Å². The fourth-order valence-electron chi connectivity index (χ4n) is 3.52. The average molecular weight is 353 g/mol. The van der Waals surface area contributed by atoms with E-state index in [2.05, 4.69) is 0 Å². The smallest absolute Gasteiger partial charge is 0.253 e. The fraction of sp³-hybridized carbons (Fsp3) is 0.409. The van der Waals surface area contributed by atoms with Crippen molar-refractivity contribution in [2.75, 3.05) is 13.1 Å². The van der Waals surface area contributed by atoms with Gasteiger partial charge in [0.05, 0.1) is 5.60 Å². The summed E-state index contributed by atoms with van der Waals surface area (Å²) in [6.45, 7) is 5.21. The number of likely N-dealkylation sites (tertiary alicyclic amines) is 1. The van der Waals surface area contributed by atoms with Crippen molar-refractivity contribution in [1.82, 2.24) is 4.90 Å². The number of rotatable bonds is 5. The van der Waals surface area contributed by atoms with Crippen LogP contribution in [0.4, 0.5) is 0 Å². The predicted octanol–water partition coefficient (Wildman–Crippen LogP) is 4.49. The Hall–Kier alpha value is -2.33. The second kappa shape index (κ2) is 7.92. The first-order valence-electron chi connectivity index (χ1n) is 9.25. The molecular weight excluding hydrogens is 326 g/mol. The molecule has 0 saturated carbocycles. The lowest BCUT2D eigenvalue weighted by Crippen LogP contribution is -2.40. The van der Waals surface area contributed by atoms with Crippen LogP contribution in [0.5, 0.6) is 11.5 Å². The molecule has 3 rings (SSSR count). The van der Waals surface area contributed by atoms with Gasteiger partial charge in [0.1, 0.15) is 11.5 Å². The zero-order valence-electron chi connectivity index (χ0n) is 15.5. The molecule has 26 heavy (non-hydrogen) atoms. The Morgan fingerprint density at radius 2 is 1.62 bits per heavy atom. The normalized spacial score (nSPS) is 15.7. The number of piperidine rings is 1. The lowest BCUT2D eigenvalue weighted by molar-refractivity contribution is 0.0358. The molecule has 0 aliphatic carbocycles. The molecule has 2 aromatic rings. The molecule has 1 N–H and O–H groups in total. The molecule has 0 bridgehead atoms. The van der Waals surface area contributed by atoms with Crippen molar-refractivity contribution in [1.29, 1.82) is 0 Å². The first-order chi connectivity index (χ1) is 12.4. The van der Waals surface area contributed by atoms with E-state index in [1.165, 1.54) is 0 Å². The van der Waals surface area contributed by atoms with Gasteiger partial charge in [-0.05, 0) is 75.4 Å². The molecule has 0 unspecified atom stereocenters. The summed E-state index contributed by atoms with van der Waals surface area (Å²) in [4.78, 5) is 14.6. The van der Waals surface area contributed by atoms with E-state index in [-0.39, 0.29) is 5.91 Å². The Kier molecular flexibility index (Phi) is 5.62. The Balaban J connectivity index is 1.55. The summed E-state index contributed by atoms with van der Waals surface area (Å²) < 4.78 is 5.77. The molecule has 4 nitrogen and oxygen atoms in total. The number of aliphatic hydroxyl groups is 1. The highest BCUT2D eigenvalue weighted by Gasteiger charge is 2.27. The van der Waals surface area contributed by atoms with E-state index in [0.29, 0.717) is 11.5 Å². The summed E-state index contributed by atoms with van der Waals surface area (Å²) >= 11 is 0. The number of carbonyl (C=O) groups is 1. The van der Waals surface area contributed by atoms with Gasteiger partial charge in [0.2, 0.25) is 0 Å². The zero-order valence-corrected chi connectivity index (χ0v) is 15.5. The van der Waals surface area contributed by atoms with Gasteiger partial charge in [-0.25, -0.2) is 0 Å². The summed E-state index contributed by atoms with van der Waals surface area (Å²) in [6, 6.07) is 16.9. The Morgan fingerprint density at radius 3 is 2.19 bits per heavy atom. The molecular formula is C22H27NO3. The number of nitrogens with zero attached hydrogens (tertiary/aromatic N) is 1. The van der Waals surface area contributed by atoms with Gasteiger partial charge in [0.25, 0.3) is 5.91 Å². The first kappa shape index (κ1) is 18.5. The number of ether oxygens (including phenoxy) is 1. The highest BCUT2D eigenvalue weighted by molar-refractivity contribution is 5.94. The summed E-state index contributed by atoms with van der Waals surface area (Å²) in [5.41, 5.74) is 0.0529. The minimum atomic E-state index is -0.634. The van der Waals surface area contributed by atoms with Crippen LogP contribution in [0.1, 0.15) is 43.5 Å². The number of hydrogen-bond donors (Lipinski definition) is 1. The van der Waals surface area contributed by atoms with E-state index in [1.54, 1.807) is 0 Å². The van der Waals surface area contributed by atoms with Crippen LogP contribution in [0.15, 0.2) is 54.6 Å². The van der Waals surface area contributed by atoms with Gasteiger partial charge in [-0.15, -0.1) is 0 Å². The molecule has 1 fully saturated rings. The highest BCUT2D eigenvalue weighted by Crippen LogP contribution is 2.27. The minimum absolute atomic E-state index is 0.0676. The monoisotopic (exact) mass is 353 g/mol. The number of amides is 1. The topological polar surface area (TPSA) is 49.8 Å². The third kappa shape index (κ3) is 5.09. The van der Waals surface area contributed by atoms with Crippen molar-refractivity contribution in [3.63, 3.8) is 0 Å². The fourth-order valence-corrected chi connectivity index (χ4v) is 3.52. The van der Waals surface area contributed by atoms with Crippen LogP contribution < -0.4 is 4.74 Å². The molecule has 0 atom stereocenters. The highest BCUT2D eigenvalue weighted by atomic mass is 16.5. The van der Waals surface area contributed by atoms with Crippen molar-refractivity contribution in [2.45, 2.75) is 38.7 Å². The Labute approximate surface area is 155 Å². The molecule has 1 saturated heterocycles. The van der Waals surface area contributed by atoms with Gasteiger partial charge >= 0.3 is 0 Å². The summed E-state index contributed by atoms with van der Waals surface area (Å²) in [5, 5.41) is 9.96. The van der Waals surface area contributed by atoms with Crippen molar-refractivity contribution in [3.05, 3.63) is 60.2 Å². The number of hydrogen-bond acceptors (Lipinski definition) is 3. The molecule has 1 aliphatic heterocycles. The van der Waals surface area contributed by atoms with Crippen molar-refractivity contribution < 1.29 is 14.6 Å². The van der Waals surface area contributed by atoms with Gasteiger partial charge in [-0.3, -0.25) is 4.79 Å². The Morgan fingerprint density at radius 1 is 1.04 bits per heavy atom. The van der Waals surface area contributed by atoms with E-state index in [0.717, 1.165) is 43.9 Å². The van der Waals surface area contributed by atoms with E-state index in [1.807, 2.05) is 73.3 Å². The van der Waals surface area contributed by atoms with E-state index in [4.69, 9.17) is 4.74 Å². The molecule has 0 radical (unpaired) electrons. The minimum Gasteiger partial charge on any atom is -0.457 e. The molecule has 1 aliphatic rings. The average Bonchev–Trinajstić information content (AvgIpc) is 2.62. The molecule has 1 amide bonds. The molecule has 2 aromatic carbocycles. The van der Waals surface area contributed by atoms with Crippen molar-refractivity contribution >= 4 is 5.91 Å². The van der Waals surface area contributed by atoms with Crippen LogP contribution in [0.25, 0.3) is 0 Å². The molecule has 138 valence electrons. The van der Waals surface area contributed by atoms with Crippen LogP contribution in [-0.2, 0) is 0 Å². The maximum atomic E-state index is 12.7. The molecule has 0 aromatic heterocycles. The third-order valence-electron chi connectivity index (χ3n) is 4.77. The van der Waals surface area contributed by atoms with Gasteiger partial charge in [-0.1, -0.05) is 18.2 Å². The summed E-state index contributed by atoms with van der Waals surface area (Å²) in [5.74, 6) is 2.05. The lowest BCUT2D eigenvalue weighted by Gasteiger charge is -2.34. The van der Waals surface area contributed by atoms with Gasteiger partial charge in [-0.2, -0.15) is 0 Å². The summed E-state index contributed by atoms with van der Waals surface area (Å²) in [6.07, 6.45) is 2.69. The zero-order chi connectivity index (χ0) is 18.6. The van der Waals surface area contributed by atoms with E-state index in [9.17, 15) is 9.90 Å². The first-order valence-corrected chi connectivity index (χ1v) is 9.25. The number of carbonyl (C=O) groups excluding carboxylic acids is 1. The van der Waals surface area contributed by atoms with Crippen LogP contribution in [0.3, 0.4) is 0 Å².